The zero-order chi connectivity index (χ0) is 13.8. The Morgan fingerprint density at radius 1 is 1.26 bits per heavy atom. The average molecular weight is 278 g/mol. The van der Waals surface area contributed by atoms with Gasteiger partial charge in [-0.05, 0) is 29.8 Å². The van der Waals surface area contributed by atoms with Crippen LogP contribution in [0.2, 0.25) is 5.02 Å². The van der Waals surface area contributed by atoms with Crippen LogP contribution in [0.4, 0.5) is 10.1 Å². The standard InChI is InChI=1S/C15H13ClFNO/c1-18(9-12-4-2-3-5-15(12)16)14-7-11(10-19)6-13(17)8-14/h2-8,10H,9H2,1H3. The van der Waals surface area contributed by atoms with Crippen LogP contribution in [0.25, 0.3) is 0 Å². The van der Waals surface area contributed by atoms with E-state index in [1.807, 2.05) is 36.2 Å². The van der Waals surface area contributed by atoms with Gasteiger partial charge in [0.2, 0.25) is 0 Å². The Kier molecular flexibility index (Phi) is 4.17. The van der Waals surface area contributed by atoms with Crippen molar-refractivity contribution in [3.63, 3.8) is 0 Å². The first kappa shape index (κ1) is 13.6. The van der Waals surface area contributed by atoms with Crippen LogP contribution in [-0.2, 0) is 6.54 Å². The Hall–Kier alpha value is -1.87. The second-order valence-corrected chi connectivity index (χ2v) is 4.72. The van der Waals surface area contributed by atoms with Crippen molar-refractivity contribution in [1.82, 2.24) is 0 Å². The van der Waals surface area contributed by atoms with Crippen molar-refractivity contribution >= 4 is 23.6 Å². The van der Waals surface area contributed by atoms with Crippen LogP contribution in [-0.4, -0.2) is 13.3 Å². The van der Waals surface area contributed by atoms with Gasteiger partial charge in [-0.25, -0.2) is 4.39 Å². The van der Waals surface area contributed by atoms with Crippen LogP contribution in [0, 0.1) is 5.82 Å². The summed E-state index contributed by atoms with van der Waals surface area (Å²) >= 11 is 6.09. The van der Waals surface area contributed by atoms with Crippen LogP contribution in [0.3, 0.4) is 0 Å². The fourth-order valence-corrected chi connectivity index (χ4v) is 2.05. The molecule has 0 bridgehead atoms. The first-order valence-electron chi connectivity index (χ1n) is 5.80. The molecule has 0 aromatic heterocycles. The monoisotopic (exact) mass is 277 g/mol. The van der Waals surface area contributed by atoms with Gasteiger partial charge >= 0.3 is 0 Å². The number of hydrogen-bond acceptors (Lipinski definition) is 2. The normalized spacial score (nSPS) is 10.3. The van der Waals surface area contributed by atoms with Gasteiger partial charge in [-0.2, -0.15) is 0 Å². The van der Waals surface area contributed by atoms with Gasteiger partial charge in [0, 0.05) is 29.9 Å². The number of hydrogen-bond donors (Lipinski definition) is 0. The summed E-state index contributed by atoms with van der Waals surface area (Å²) in [4.78, 5) is 12.6. The average Bonchev–Trinajstić information content (AvgIpc) is 2.40. The molecule has 0 saturated carbocycles. The van der Waals surface area contributed by atoms with E-state index in [0.29, 0.717) is 29.1 Å². The molecule has 0 radical (unpaired) electrons. The van der Waals surface area contributed by atoms with Crippen LogP contribution >= 0.6 is 11.6 Å². The number of benzene rings is 2. The number of anilines is 1. The fourth-order valence-electron chi connectivity index (χ4n) is 1.86. The lowest BCUT2D eigenvalue weighted by Crippen LogP contribution is -2.17. The molecule has 0 heterocycles. The second kappa shape index (κ2) is 5.85. The predicted octanol–water partition coefficient (Wildman–Crippen LogP) is 3.93. The third-order valence-electron chi connectivity index (χ3n) is 2.85. The van der Waals surface area contributed by atoms with Crippen LogP contribution < -0.4 is 4.90 Å². The number of carbonyl (C=O) groups is 1. The van der Waals surface area contributed by atoms with Gasteiger partial charge in [0.1, 0.15) is 12.1 Å². The quantitative estimate of drug-likeness (QED) is 0.789. The largest absolute Gasteiger partial charge is 0.370 e. The van der Waals surface area contributed by atoms with Gasteiger partial charge in [0.05, 0.1) is 0 Å². The smallest absolute Gasteiger partial charge is 0.150 e. The highest BCUT2D eigenvalue weighted by Crippen LogP contribution is 2.22. The van der Waals surface area contributed by atoms with Gasteiger partial charge in [-0.15, -0.1) is 0 Å². The van der Waals surface area contributed by atoms with E-state index in [0.717, 1.165) is 5.56 Å². The Morgan fingerprint density at radius 2 is 2.00 bits per heavy atom. The summed E-state index contributed by atoms with van der Waals surface area (Å²) < 4.78 is 13.4. The molecule has 0 aliphatic heterocycles. The fraction of sp³-hybridized carbons (Fsp3) is 0.133. The molecule has 98 valence electrons. The molecule has 0 unspecified atom stereocenters. The zero-order valence-corrected chi connectivity index (χ0v) is 11.2. The summed E-state index contributed by atoms with van der Waals surface area (Å²) in [5.41, 5.74) is 1.91. The van der Waals surface area contributed by atoms with Gasteiger partial charge in [0.15, 0.2) is 0 Å². The van der Waals surface area contributed by atoms with E-state index < -0.39 is 5.82 Å². The molecule has 4 heteroatoms. The maximum absolute atomic E-state index is 13.4. The maximum Gasteiger partial charge on any atom is 0.150 e. The highest BCUT2D eigenvalue weighted by molar-refractivity contribution is 6.31. The highest BCUT2D eigenvalue weighted by atomic mass is 35.5. The van der Waals surface area contributed by atoms with Crippen molar-refractivity contribution in [3.05, 3.63) is 64.4 Å². The van der Waals surface area contributed by atoms with Crippen LogP contribution in [0.5, 0.6) is 0 Å². The highest BCUT2D eigenvalue weighted by Gasteiger charge is 2.07. The molecule has 0 amide bonds. The first-order valence-corrected chi connectivity index (χ1v) is 6.18. The summed E-state index contributed by atoms with van der Waals surface area (Å²) in [6.45, 7) is 0.543. The molecule has 0 spiro atoms. The first-order chi connectivity index (χ1) is 9.10. The molecule has 2 nitrogen and oxygen atoms in total. The summed E-state index contributed by atoms with van der Waals surface area (Å²) in [5, 5.41) is 0.668. The van der Waals surface area contributed by atoms with Crippen molar-refractivity contribution in [1.29, 1.82) is 0 Å². The molecule has 0 atom stereocenters. The predicted molar refractivity (Wildman–Crippen MR) is 75.3 cm³/mol. The number of halogens is 2. The van der Waals surface area contributed by atoms with E-state index in [-0.39, 0.29) is 0 Å². The van der Waals surface area contributed by atoms with Crippen LogP contribution in [0.15, 0.2) is 42.5 Å². The summed E-state index contributed by atoms with van der Waals surface area (Å²) in [7, 11) is 1.83. The summed E-state index contributed by atoms with van der Waals surface area (Å²) in [6, 6.07) is 11.7. The summed E-state index contributed by atoms with van der Waals surface area (Å²) in [6.07, 6.45) is 0.635. The molecule has 0 saturated heterocycles. The SMILES string of the molecule is CN(Cc1ccccc1Cl)c1cc(F)cc(C=O)c1. The van der Waals surface area contributed by atoms with Crippen molar-refractivity contribution in [2.75, 3.05) is 11.9 Å². The molecule has 2 rings (SSSR count). The van der Waals surface area contributed by atoms with Crippen molar-refractivity contribution < 1.29 is 9.18 Å². The minimum absolute atomic E-state index is 0.320. The Labute approximate surface area is 116 Å². The number of aldehydes is 1. The number of carbonyl (C=O) groups excluding carboxylic acids is 1. The van der Waals surface area contributed by atoms with Crippen molar-refractivity contribution in [2.24, 2.45) is 0 Å². The van der Waals surface area contributed by atoms with E-state index in [1.165, 1.54) is 12.1 Å². The van der Waals surface area contributed by atoms with Crippen molar-refractivity contribution in [3.8, 4) is 0 Å². The van der Waals surface area contributed by atoms with Crippen LogP contribution in [0.1, 0.15) is 15.9 Å². The molecule has 0 aliphatic rings. The minimum atomic E-state index is -0.425. The van der Waals surface area contributed by atoms with Gasteiger partial charge in [-0.3, -0.25) is 4.79 Å². The third kappa shape index (κ3) is 3.32. The Balaban J connectivity index is 2.25. The van der Waals surface area contributed by atoms with Gasteiger partial charge in [-0.1, -0.05) is 29.8 Å². The lowest BCUT2D eigenvalue weighted by Gasteiger charge is -2.20. The van der Waals surface area contributed by atoms with E-state index in [9.17, 15) is 9.18 Å². The molecule has 0 aliphatic carbocycles. The van der Waals surface area contributed by atoms with Crippen molar-refractivity contribution in [2.45, 2.75) is 6.54 Å². The third-order valence-corrected chi connectivity index (χ3v) is 3.22. The second-order valence-electron chi connectivity index (χ2n) is 4.31. The minimum Gasteiger partial charge on any atom is -0.370 e. The van der Waals surface area contributed by atoms with Gasteiger partial charge in [0.25, 0.3) is 0 Å². The lowest BCUT2D eigenvalue weighted by atomic mass is 10.1. The lowest BCUT2D eigenvalue weighted by molar-refractivity contribution is 0.112. The number of rotatable bonds is 4. The Bertz CT molecular complexity index is 600. The zero-order valence-electron chi connectivity index (χ0n) is 10.4. The summed E-state index contributed by atoms with van der Waals surface area (Å²) in [5.74, 6) is -0.425. The molecule has 0 N–H and O–H groups in total. The molecular formula is C15H13ClFNO. The number of nitrogens with zero attached hydrogens (tertiary/aromatic N) is 1. The topological polar surface area (TPSA) is 20.3 Å². The molecular weight excluding hydrogens is 265 g/mol. The molecule has 0 fully saturated rings. The van der Waals surface area contributed by atoms with E-state index in [4.69, 9.17) is 11.6 Å². The molecule has 2 aromatic rings. The van der Waals surface area contributed by atoms with E-state index >= 15 is 0 Å². The maximum atomic E-state index is 13.4. The van der Waals surface area contributed by atoms with E-state index in [1.54, 1.807) is 6.07 Å². The Morgan fingerprint density at radius 3 is 2.68 bits per heavy atom. The molecule has 19 heavy (non-hydrogen) atoms. The molecule has 2 aromatic carbocycles. The van der Waals surface area contributed by atoms with E-state index in [2.05, 4.69) is 0 Å². The van der Waals surface area contributed by atoms with Gasteiger partial charge < -0.3 is 4.90 Å².